The Kier molecular flexibility index (Phi) is 11.4. The number of nitrogens with zero attached hydrogens (tertiary/aromatic N) is 1. The van der Waals surface area contributed by atoms with Gasteiger partial charge in [-0.15, -0.1) is 0 Å². The zero-order valence-electron chi connectivity index (χ0n) is 14.3. The second-order valence-electron chi connectivity index (χ2n) is 6.78. The SMILES string of the molecule is CCCCCCCCCCCCN1CCCCC1CC. The molecular weight excluding hydrogens is 242 g/mol. The molecule has 1 heteroatoms. The molecule has 0 saturated carbocycles. The van der Waals surface area contributed by atoms with E-state index in [-0.39, 0.29) is 0 Å². The molecule has 0 bridgehead atoms. The summed E-state index contributed by atoms with van der Waals surface area (Å²) in [6.07, 6.45) is 20.3. The Labute approximate surface area is 128 Å². The van der Waals surface area contributed by atoms with Crippen LogP contribution in [0.15, 0.2) is 0 Å². The lowest BCUT2D eigenvalue weighted by Gasteiger charge is -2.35. The first-order chi connectivity index (χ1) is 9.88. The highest BCUT2D eigenvalue weighted by atomic mass is 15.2. The van der Waals surface area contributed by atoms with Crippen LogP contribution in [0.2, 0.25) is 0 Å². The molecule has 1 unspecified atom stereocenters. The molecule has 1 aliphatic rings. The molecule has 0 spiro atoms. The molecule has 1 aliphatic heterocycles. The summed E-state index contributed by atoms with van der Waals surface area (Å²) in [5.74, 6) is 0. The van der Waals surface area contributed by atoms with Gasteiger partial charge in [0.05, 0.1) is 0 Å². The van der Waals surface area contributed by atoms with Gasteiger partial charge in [-0.05, 0) is 38.8 Å². The molecule has 20 heavy (non-hydrogen) atoms. The minimum absolute atomic E-state index is 0.905. The predicted octanol–water partition coefficient (Wildman–Crippen LogP) is 6.17. The monoisotopic (exact) mass is 281 g/mol. The van der Waals surface area contributed by atoms with Gasteiger partial charge in [0.2, 0.25) is 0 Å². The maximum atomic E-state index is 2.77. The highest BCUT2D eigenvalue weighted by Crippen LogP contribution is 2.20. The quantitative estimate of drug-likeness (QED) is 0.386. The normalized spacial score (nSPS) is 20.4. The first-order valence-corrected chi connectivity index (χ1v) is 9.62. The van der Waals surface area contributed by atoms with Crippen LogP contribution in [-0.4, -0.2) is 24.0 Å². The van der Waals surface area contributed by atoms with Crippen molar-refractivity contribution in [3.8, 4) is 0 Å². The molecule has 1 rings (SSSR count). The minimum Gasteiger partial charge on any atom is -0.300 e. The van der Waals surface area contributed by atoms with Crippen LogP contribution < -0.4 is 0 Å². The van der Waals surface area contributed by atoms with Gasteiger partial charge in [0, 0.05) is 6.04 Å². The average molecular weight is 282 g/mol. The number of hydrogen-bond acceptors (Lipinski definition) is 1. The summed E-state index contributed by atoms with van der Waals surface area (Å²) in [6, 6.07) is 0.905. The fourth-order valence-electron chi connectivity index (χ4n) is 3.62. The average Bonchev–Trinajstić information content (AvgIpc) is 2.49. The van der Waals surface area contributed by atoms with Crippen molar-refractivity contribution in [1.82, 2.24) is 4.90 Å². The molecule has 120 valence electrons. The van der Waals surface area contributed by atoms with Crippen LogP contribution in [0.4, 0.5) is 0 Å². The fourth-order valence-corrected chi connectivity index (χ4v) is 3.62. The van der Waals surface area contributed by atoms with Gasteiger partial charge >= 0.3 is 0 Å². The molecule has 0 N–H and O–H groups in total. The van der Waals surface area contributed by atoms with Gasteiger partial charge in [-0.25, -0.2) is 0 Å². The van der Waals surface area contributed by atoms with Gasteiger partial charge in [-0.2, -0.15) is 0 Å². The van der Waals surface area contributed by atoms with Crippen LogP contribution in [0, 0.1) is 0 Å². The highest BCUT2D eigenvalue weighted by Gasteiger charge is 2.19. The van der Waals surface area contributed by atoms with Crippen molar-refractivity contribution in [1.29, 1.82) is 0 Å². The summed E-state index contributed by atoms with van der Waals surface area (Å²) in [4.78, 5) is 2.77. The third-order valence-corrected chi connectivity index (χ3v) is 5.02. The Balaban J connectivity index is 1.86. The summed E-state index contributed by atoms with van der Waals surface area (Å²) >= 11 is 0. The van der Waals surface area contributed by atoms with Gasteiger partial charge in [-0.1, -0.05) is 78.1 Å². The number of rotatable bonds is 12. The summed E-state index contributed by atoms with van der Waals surface area (Å²) in [7, 11) is 0. The van der Waals surface area contributed by atoms with Gasteiger partial charge < -0.3 is 4.90 Å². The van der Waals surface area contributed by atoms with E-state index in [0.29, 0.717) is 0 Å². The molecule has 0 aromatic carbocycles. The van der Waals surface area contributed by atoms with Crippen molar-refractivity contribution in [2.75, 3.05) is 13.1 Å². The molecule has 1 heterocycles. The van der Waals surface area contributed by atoms with E-state index in [0.717, 1.165) is 6.04 Å². The lowest BCUT2D eigenvalue weighted by atomic mass is 9.99. The molecule has 1 atom stereocenters. The van der Waals surface area contributed by atoms with Crippen LogP contribution >= 0.6 is 0 Å². The van der Waals surface area contributed by atoms with Crippen LogP contribution in [0.3, 0.4) is 0 Å². The first kappa shape index (κ1) is 18.0. The number of unbranched alkanes of at least 4 members (excludes halogenated alkanes) is 9. The standard InChI is InChI=1S/C19H39N/c1-3-5-6-7-8-9-10-11-12-14-17-20-18-15-13-16-19(20)4-2/h19H,3-18H2,1-2H3. The third-order valence-electron chi connectivity index (χ3n) is 5.02. The summed E-state index contributed by atoms with van der Waals surface area (Å²) in [5.41, 5.74) is 0. The highest BCUT2D eigenvalue weighted by molar-refractivity contribution is 4.75. The van der Waals surface area contributed by atoms with Crippen LogP contribution in [0.25, 0.3) is 0 Å². The largest absolute Gasteiger partial charge is 0.300 e. The van der Waals surface area contributed by atoms with Crippen molar-refractivity contribution in [2.45, 2.75) is 110 Å². The number of likely N-dealkylation sites (tertiary alicyclic amines) is 1. The van der Waals surface area contributed by atoms with Crippen molar-refractivity contribution in [3.63, 3.8) is 0 Å². The Morgan fingerprint density at radius 3 is 1.95 bits per heavy atom. The van der Waals surface area contributed by atoms with Gasteiger partial charge in [0.25, 0.3) is 0 Å². The predicted molar refractivity (Wildman–Crippen MR) is 91.3 cm³/mol. The lowest BCUT2D eigenvalue weighted by Crippen LogP contribution is -2.39. The van der Waals surface area contributed by atoms with Crippen molar-refractivity contribution >= 4 is 0 Å². The first-order valence-electron chi connectivity index (χ1n) is 9.62. The molecule has 1 nitrogen and oxygen atoms in total. The maximum Gasteiger partial charge on any atom is 0.00926 e. The van der Waals surface area contributed by atoms with E-state index in [1.807, 2.05) is 0 Å². The van der Waals surface area contributed by atoms with E-state index in [1.165, 1.54) is 103 Å². The Hall–Kier alpha value is -0.0400. The van der Waals surface area contributed by atoms with E-state index in [1.54, 1.807) is 0 Å². The zero-order valence-corrected chi connectivity index (χ0v) is 14.3. The maximum absolute atomic E-state index is 2.77. The molecular formula is C19H39N. The van der Waals surface area contributed by atoms with Gasteiger partial charge in [0.1, 0.15) is 0 Å². The van der Waals surface area contributed by atoms with E-state index in [2.05, 4.69) is 18.7 Å². The van der Waals surface area contributed by atoms with Crippen molar-refractivity contribution in [3.05, 3.63) is 0 Å². The van der Waals surface area contributed by atoms with E-state index in [4.69, 9.17) is 0 Å². The number of hydrogen-bond donors (Lipinski definition) is 0. The molecule has 0 radical (unpaired) electrons. The Morgan fingerprint density at radius 1 is 0.750 bits per heavy atom. The molecule has 0 aliphatic carbocycles. The van der Waals surface area contributed by atoms with Gasteiger partial charge in [-0.3, -0.25) is 0 Å². The fraction of sp³-hybridized carbons (Fsp3) is 1.00. The Bertz CT molecular complexity index is 202. The summed E-state index contributed by atoms with van der Waals surface area (Å²) in [6.45, 7) is 7.40. The minimum atomic E-state index is 0.905. The molecule has 1 saturated heterocycles. The van der Waals surface area contributed by atoms with E-state index >= 15 is 0 Å². The second-order valence-corrected chi connectivity index (χ2v) is 6.78. The van der Waals surface area contributed by atoms with Crippen molar-refractivity contribution < 1.29 is 0 Å². The van der Waals surface area contributed by atoms with E-state index in [9.17, 15) is 0 Å². The topological polar surface area (TPSA) is 3.24 Å². The molecule has 0 aromatic heterocycles. The smallest absolute Gasteiger partial charge is 0.00926 e. The second kappa shape index (κ2) is 12.7. The van der Waals surface area contributed by atoms with Crippen LogP contribution in [-0.2, 0) is 0 Å². The van der Waals surface area contributed by atoms with Crippen LogP contribution in [0.1, 0.15) is 104 Å². The van der Waals surface area contributed by atoms with Crippen LogP contribution in [0.5, 0.6) is 0 Å². The molecule has 0 aromatic rings. The zero-order chi connectivity index (χ0) is 14.5. The summed E-state index contributed by atoms with van der Waals surface area (Å²) < 4.78 is 0. The molecule has 0 amide bonds. The molecule has 1 fully saturated rings. The third kappa shape index (κ3) is 8.29. The lowest BCUT2D eigenvalue weighted by molar-refractivity contribution is 0.141. The van der Waals surface area contributed by atoms with Crippen molar-refractivity contribution in [2.24, 2.45) is 0 Å². The Morgan fingerprint density at radius 2 is 1.35 bits per heavy atom. The van der Waals surface area contributed by atoms with E-state index < -0.39 is 0 Å². The summed E-state index contributed by atoms with van der Waals surface area (Å²) in [5, 5.41) is 0. The van der Waals surface area contributed by atoms with Gasteiger partial charge in [0.15, 0.2) is 0 Å². The number of piperidine rings is 1.